The molecule has 4 aromatic rings. The van der Waals surface area contributed by atoms with Crippen LogP contribution in [0, 0.1) is 6.92 Å². The van der Waals surface area contributed by atoms with E-state index in [0.717, 1.165) is 33.9 Å². The number of nitrogens with one attached hydrogen (secondary N) is 1. The number of aryl methyl sites for hydroxylation is 2. The van der Waals surface area contributed by atoms with Crippen molar-refractivity contribution in [2.75, 3.05) is 11.9 Å². The summed E-state index contributed by atoms with van der Waals surface area (Å²) in [6, 6.07) is 13.0. The van der Waals surface area contributed by atoms with Gasteiger partial charge >= 0.3 is 6.03 Å². The lowest BCUT2D eigenvalue weighted by atomic mass is 10.1. The topological polar surface area (TPSA) is 94.0 Å². The van der Waals surface area contributed by atoms with Crippen LogP contribution in [-0.4, -0.2) is 36.6 Å². The van der Waals surface area contributed by atoms with E-state index < -0.39 is 0 Å². The summed E-state index contributed by atoms with van der Waals surface area (Å²) in [5, 5.41) is 3.86. The van der Waals surface area contributed by atoms with Gasteiger partial charge in [0, 0.05) is 48.5 Å². The number of anilines is 2. The Labute approximate surface area is 196 Å². The van der Waals surface area contributed by atoms with E-state index in [1.165, 1.54) is 0 Å². The van der Waals surface area contributed by atoms with Crippen molar-refractivity contribution < 1.29 is 4.79 Å². The maximum absolute atomic E-state index is 13.3. The molecule has 0 radical (unpaired) electrons. The summed E-state index contributed by atoms with van der Waals surface area (Å²) in [6.45, 7) is 2.73. The number of nitrogens with zero attached hydrogens (tertiary/aromatic N) is 5. The van der Waals surface area contributed by atoms with Crippen LogP contribution in [-0.2, 0) is 13.6 Å². The second-order valence-corrected chi connectivity index (χ2v) is 8.60. The third-order valence-corrected chi connectivity index (χ3v) is 6.18. The third kappa shape index (κ3) is 3.88. The van der Waals surface area contributed by atoms with Crippen molar-refractivity contribution in [3.63, 3.8) is 0 Å². The highest BCUT2D eigenvalue weighted by atomic mass is 35.5. The summed E-state index contributed by atoms with van der Waals surface area (Å²) < 4.78 is 3.63. The Kier molecular flexibility index (Phi) is 5.39. The molecule has 1 aliphatic heterocycles. The Bertz CT molecular complexity index is 1340. The first-order valence-corrected chi connectivity index (χ1v) is 11.0. The van der Waals surface area contributed by atoms with Gasteiger partial charge in [-0.05, 0) is 48.4 Å². The van der Waals surface area contributed by atoms with Crippen LogP contribution in [0.5, 0.6) is 0 Å². The molecule has 9 heteroatoms. The first-order valence-electron chi connectivity index (χ1n) is 10.6. The second-order valence-electron chi connectivity index (χ2n) is 8.16. The number of rotatable bonds is 6. The molecule has 0 saturated heterocycles. The van der Waals surface area contributed by atoms with Crippen LogP contribution in [0.3, 0.4) is 0 Å². The van der Waals surface area contributed by atoms with Crippen molar-refractivity contribution in [2.45, 2.75) is 19.5 Å². The third-order valence-electron chi connectivity index (χ3n) is 5.95. The molecular formula is C24H24ClN7O. The predicted molar refractivity (Wildman–Crippen MR) is 128 cm³/mol. The number of halogens is 1. The van der Waals surface area contributed by atoms with Crippen LogP contribution in [0.25, 0.3) is 11.3 Å². The van der Waals surface area contributed by atoms with Crippen molar-refractivity contribution in [1.29, 1.82) is 0 Å². The van der Waals surface area contributed by atoms with Gasteiger partial charge in [-0.15, -0.1) is 0 Å². The monoisotopic (exact) mass is 461 g/mol. The van der Waals surface area contributed by atoms with Crippen molar-refractivity contribution in [3.05, 3.63) is 82.9 Å². The van der Waals surface area contributed by atoms with E-state index in [4.69, 9.17) is 22.3 Å². The van der Waals surface area contributed by atoms with E-state index >= 15 is 0 Å². The second kappa shape index (κ2) is 8.38. The summed E-state index contributed by atoms with van der Waals surface area (Å²) in [5.74, 6) is 1.39. The molecule has 0 aliphatic carbocycles. The van der Waals surface area contributed by atoms with Crippen molar-refractivity contribution in [3.8, 4) is 11.3 Å². The highest BCUT2D eigenvalue weighted by molar-refractivity contribution is 6.30. The zero-order chi connectivity index (χ0) is 23.1. The maximum Gasteiger partial charge on any atom is 0.329 e. The van der Waals surface area contributed by atoms with E-state index in [0.29, 0.717) is 24.1 Å². The van der Waals surface area contributed by atoms with Crippen LogP contribution in [0.15, 0.2) is 61.1 Å². The Morgan fingerprint density at radius 1 is 1.24 bits per heavy atom. The number of carbonyl (C=O) groups excluding carboxylic acids is 1. The zero-order valence-electron chi connectivity index (χ0n) is 18.4. The average Bonchev–Trinajstić information content (AvgIpc) is 3.47. The van der Waals surface area contributed by atoms with Crippen molar-refractivity contribution >= 4 is 29.4 Å². The number of nitrogens with two attached hydrogens (primary N) is 1. The van der Waals surface area contributed by atoms with E-state index in [1.807, 2.05) is 73.4 Å². The first kappa shape index (κ1) is 21.2. The molecule has 4 heterocycles. The highest BCUT2D eigenvalue weighted by Gasteiger charge is 2.33. The molecule has 0 bridgehead atoms. The molecule has 0 fully saturated rings. The van der Waals surface area contributed by atoms with E-state index in [1.54, 1.807) is 15.7 Å². The van der Waals surface area contributed by atoms with E-state index in [-0.39, 0.29) is 12.1 Å². The lowest BCUT2D eigenvalue weighted by molar-refractivity contribution is 0.188. The molecule has 0 spiro atoms. The van der Waals surface area contributed by atoms with Gasteiger partial charge < -0.3 is 20.5 Å². The van der Waals surface area contributed by atoms with Gasteiger partial charge in [-0.1, -0.05) is 23.7 Å². The van der Waals surface area contributed by atoms with Gasteiger partial charge in [-0.25, -0.2) is 14.8 Å². The first-order chi connectivity index (χ1) is 15.9. The Hall–Kier alpha value is -3.62. The summed E-state index contributed by atoms with van der Waals surface area (Å²) in [7, 11) is 1.95. The molecular weight excluding hydrogens is 438 g/mol. The van der Waals surface area contributed by atoms with Crippen LogP contribution in [0.2, 0.25) is 5.02 Å². The summed E-state index contributed by atoms with van der Waals surface area (Å²) in [5.41, 5.74) is 10.5. The number of aromatic nitrogens is 4. The molecule has 0 saturated carbocycles. The van der Waals surface area contributed by atoms with Crippen LogP contribution in [0.4, 0.5) is 16.6 Å². The van der Waals surface area contributed by atoms with Gasteiger partial charge in [0.15, 0.2) is 0 Å². The molecule has 3 N–H and O–H groups in total. The van der Waals surface area contributed by atoms with Gasteiger partial charge in [-0.2, -0.15) is 0 Å². The molecule has 1 amide bonds. The summed E-state index contributed by atoms with van der Waals surface area (Å²) >= 11 is 6.16. The van der Waals surface area contributed by atoms with Gasteiger partial charge in [0.2, 0.25) is 5.95 Å². The van der Waals surface area contributed by atoms with Crippen LogP contribution >= 0.6 is 11.6 Å². The van der Waals surface area contributed by atoms with Crippen molar-refractivity contribution in [1.82, 2.24) is 24.0 Å². The number of amides is 1. The minimum atomic E-state index is -0.249. The molecule has 1 atom stereocenters. The predicted octanol–water partition coefficient (Wildman–Crippen LogP) is 4.47. The quantitative estimate of drug-likeness (QED) is 0.441. The minimum Gasteiger partial charge on any atom is -0.338 e. The SMILES string of the molecule is Cc1cnc(Nc2cccn2C)nc1-c1cc2n(c1)C(=O)N([C@H](CN)c1cccc(Cl)c1)C2. The zero-order valence-corrected chi connectivity index (χ0v) is 19.1. The van der Waals surface area contributed by atoms with E-state index in [9.17, 15) is 4.79 Å². The largest absolute Gasteiger partial charge is 0.338 e. The number of fused-ring (bicyclic) bond motifs is 1. The molecule has 0 unspecified atom stereocenters. The summed E-state index contributed by atoms with van der Waals surface area (Å²) in [4.78, 5) is 24.2. The molecule has 8 nitrogen and oxygen atoms in total. The van der Waals surface area contributed by atoms with Crippen molar-refractivity contribution in [2.24, 2.45) is 12.8 Å². The Balaban J connectivity index is 1.42. The van der Waals surface area contributed by atoms with Crippen LogP contribution in [0.1, 0.15) is 22.9 Å². The molecule has 33 heavy (non-hydrogen) atoms. The van der Waals surface area contributed by atoms with Gasteiger partial charge in [0.05, 0.1) is 18.3 Å². The van der Waals surface area contributed by atoms with Gasteiger partial charge in [-0.3, -0.25) is 4.57 Å². The lowest BCUT2D eigenvalue weighted by Crippen LogP contribution is -2.35. The Morgan fingerprint density at radius 3 is 2.79 bits per heavy atom. The molecule has 1 aliphatic rings. The van der Waals surface area contributed by atoms with Gasteiger partial charge in [0.25, 0.3) is 0 Å². The fourth-order valence-electron chi connectivity index (χ4n) is 4.22. The average molecular weight is 462 g/mol. The molecule has 5 rings (SSSR count). The minimum absolute atomic E-state index is 0.111. The summed E-state index contributed by atoms with van der Waals surface area (Å²) in [6.07, 6.45) is 5.57. The maximum atomic E-state index is 13.3. The normalized spacial score (nSPS) is 13.9. The molecule has 1 aromatic carbocycles. The highest BCUT2D eigenvalue weighted by Crippen LogP contribution is 2.33. The number of hydrogen-bond acceptors (Lipinski definition) is 5. The molecule has 3 aromatic heterocycles. The van der Waals surface area contributed by atoms with Gasteiger partial charge in [0.1, 0.15) is 5.82 Å². The molecule has 168 valence electrons. The fourth-order valence-corrected chi connectivity index (χ4v) is 4.42. The van der Waals surface area contributed by atoms with Crippen LogP contribution < -0.4 is 11.1 Å². The smallest absolute Gasteiger partial charge is 0.329 e. The number of carbonyl (C=O) groups is 1. The standard InChI is InChI=1S/C24H24ClN7O/c1-15-12-27-23(28-21-7-4-8-30(21)2)29-22(15)17-10-19-14-32(24(33)31(19)13-17)20(11-26)16-5-3-6-18(25)9-16/h3-10,12-13,20H,11,14,26H2,1-2H3,(H,27,28,29)/t20-/m1/s1. The lowest BCUT2D eigenvalue weighted by Gasteiger charge is -2.26. The Morgan fingerprint density at radius 2 is 2.09 bits per heavy atom. The number of hydrogen-bond donors (Lipinski definition) is 2. The van der Waals surface area contributed by atoms with E-state index in [2.05, 4.69) is 10.3 Å². The fraction of sp³-hybridized carbons (Fsp3) is 0.208. The number of benzene rings is 1.